The SMILES string of the molecule is CC1CCC(C(C)C)C(OC2OC(=O)C(Cl)=C2Nc2ccccc2)C1. The zero-order valence-corrected chi connectivity index (χ0v) is 15.8. The van der Waals surface area contributed by atoms with Crippen LogP contribution in [0.4, 0.5) is 5.69 Å². The van der Waals surface area contributed by atoms with Crippen LogP contribution < -0.4 is 5.32 Å². The van der Waals surface area contributed by atoms with E-state index >= 15 is 0 Å². The van der Waals surface area contributed by atoms with Crippen LogP contribution in [0.15, 0.2) is 41.1 Å². The van der Waals surface area contributed by atoms with Gasteiger partial charge in [-0.15, -0.1) is 0 Å². The molecule has 1 fully saturated rings. The molecule has 1 aromatic carbocycles. The summed E-state index contributed by atoms with van der Waals surface area (Å²) in [6, 6.07) is 9.60. The third-order valence-electron chi connectivity index (χ3n) is 5.18. The second kappa shape index (κ2) is 7.79. The van der Waals surface area contributed by atoms with Crippen LogP contribution in [0.2, 0.25) is 0 Å². The van der Waals surface area contributed by atoms with Gasteiger partial charge in [-0.1, -0.05) is 57.0 Å². The summed E-state index contributed by atoms with van der Waals surface area (Å²) in [6.07, 6.45) is 2.64. The zero-order chi connectivity index (χ0) is 18.0. The topological polar surface area (TPSA) is 47.6 Å². The molecule has 3 rings (SSSR count). The first-order valence-corrected chi connectivity index (χ1v) is 9.41. The second-order valence-corrected chi connectivity index (χ2v) is 7.83. The molecule has 1 aromatic rings. The van der Waals surface area contributed by atoms with Crippen LogP contribution in [0.5, 0.6) is 0 Å². The number of cyclic esters (lactones) is 1. The van der Waals surface area contributed by atoms with E-state index in [0.29, 0.717) is 23.5 Å². The molecule has 2 aliphatic rings. The predicted molar refractivity (Wildman–Crippen MR) is 99.0 cm³/mol. The van der Waals surface area contributed by atoms with Gasteiger partial charge in [0.1, 0.15) is 5.70 Å². The molecule has 0 aromatic heterocycles. The average Bonchev–Trinajstić information content (AvgIpc) is 2.83. The van der Waals surface area contributed by atoms with Crippen molar-refractivity contribution in [3.05, 3.63) is 41.1 Å². The molecule has 1 N–H and O–H groups in total. The molecule has 1 heterocycles. The molecule has 1 aliphatic carbocycles. The molecule has 5 heteroatoms. The van der Waals surface area contributed by atoms with Crippen molar-refractivity contribution in [3.8, 4) is 0 Å². The Hall–Kier alpha value is -1.52. The van der Waals surface area contributed by atoms with Crippen LogP contribution >= 0.6 is 11.6 Å². The maximum absolute atomic E-state index is 12.0. The molecule has 4 atom stereocenters. The Bertz CT molecular complexity index is 644. The van der Waals surface area contributed by atoms with E-state index in [1.165, 1.54) is 6.42 Å². The van der Waals surface area contributed by atoms with E-state index in [4.69, 9.17) is 21.1 Å². The third kappa shape index (κ3) is 4.18. The third-order valence-corrected chi connectivity index (χ3v) is 5.54. The number of hydrogen-bond donors (Lipinski definition) is 1. The summed E-state index contributed by atoms with van der Waals surface area (Å²) >= 11 is 6.18. The van der Waals surface area contributed by atoms with Gasteiger partial charge in [-0.25, -0.2) is 4.79 Å². The number of halogens is 1. The highest BCUT2D eigenvalue weighted by molar-refractivity contribution is 6.42. The lowest BCUT2D eigenvalue weighted by molar-refractivity contribution is -0.180. The highest BCUT2D eigenvalue weighted by Crippen LogP contribution is 2.38. The molecule has 0 radical (unpaired) electrons. The molecular formula is C20H26ClNO3. The summed E-state index contributed by atoms with van der Waals surface area (Å²) < 4.78 is 11.7. The Morgan fingerprint density at radius 3 is 2.64 bits per heavy atom. The molecule has 4 nitrogen and oxygen atoms in total. The fourth-order valence-corrected chi connectivity index (χ4v) is 3.92. The minimum absolute atomic E-state index is 0.0664. The highest BCUT2D eigenvalue weighted by Gasteiger charge is 2.40. The lowest BCUT2D eigenvalue weighted by Gasteiger charge is -2.38. The van der Waals surface area contributed by atoms with Crippen molar-refractivity contribution in [1.82, 2.24) is 0 Å². The fraction of sp³-hybridized carbons (Fsp3) is 0.550. The first-order valence-electron chi connectivity index (χ1n) is 9.04. The van der Waals surface area contributed by atoms with Crippen molar-refractivity contribution in [1.29, 1.82) is 0 Å². The minimum atomic E-state index is -0.767. The summed E-state index contributed by atoms with van der Waals surface area (Å²) in [6.45, 7) is 6.70. The first kappa shape index (κ1) is 18.3. The van der Waals surface area contributed by atoms with Crippen molar-refractivity contribution >= 4 is 23.3 Å². The van der Waals surface area contributed by atoms with Crippen LogP contribution in [0.25, 0.3) is 0 Å². The van der Waals surface area contributed by atoms with Gasteiger partial charge in [0, 0.05) is 5.69 Å². The Balaban J connectivity index is 1.77. The summed E-state index contributed by atoms with van der Waals surface area (Å²) in [4.78, 5) is 12.0. The van der Waals surface area contributed by atoms with Gasteiger partial charge in [0.2, 0.25) is 6.29 Å². The highest BCUT2D eigenvalue weighted by atomic mass is 35.5. The number of anilines is 1. The van der Waals surface area contributed by atoms with Gasteiger partial charge in [0.25, 0.3) is 0 Å². The Morgan fingerprint density at radius 1 is 1.24 bits per heavy atom. The van der Waals surface area contributed by atoms with E-state index in [1.807, 2.05) is 30.3 Å². The van der Waals surface area contributed by atoms with E-state index in [1.54, 1.807) is 0 Å². The van der Waals surface area contributed by atoms with E-state index in [9.17, 15) is 4.79 Å². The van der Waals surface area contributed by atoms with Crippen molar-refractivity contribution in [3.63, 3.8) is 0 Å². The number of hydrogen-bond acceptors (Lipinski definition) is 4. The number of carbonyl (C=O) groups excluding carboxylic acids is 1. The molecule has 0 saturated heterocycles. The largest absolute Gasteiger partial charge is 0.425 e. The zero-order valence-electron chi connectivity index (χ0n) is 15.0. The standard InChI is InChI=1S/C20H26ClNO3/c1-12(2)15-10-9-13(3)11-16(15)24-20-18(17(21)19(23)25-20)22-14-7-5-4-6-8-14/h4-8,12-13,15-16,20,22H,9-11H2,1-3H3. The monoisotopic (exact) mass is 363 g/mol. The number of esters is 1. The van der Waals surface area contributed by atoms with Crippen molar-refractivity contribution in [2.24, 2.45) is 17.8 Å². The quantitative estimate of drug-likeness (QED) is 0.755. The Labute approximate surface area is 154 Å². The van der Waals surface area contributed by atoms with Crippen molar-refractivity contribution < 1.29 is 14.3 Å². The molecular weight excluding hydrogens is 338 g/mol. The molecule has 0 bridgehead atoms. The maximum Gasteiger partial charge on any atom is 0.354 e. The molecule has 136 valence electrons. The molecule has 1 aliphatic heterocycles. The predicted octanol–water partition coefficient (Wildman–Crippen LogP) is 4.91. The summed E-state index contributed by atoms with van der Waals surface area (Å²) in [5.41, 5.74) is 1.35. The number of nitrogens with one attached hydrogen (secondary N) is 1. The molecule has 1 saturated carbocycles. The van der Waals surface area contributed by atoms with Crippen molar-refractivity contribution in [2.75, 3.05) is 5.32 Å². The fourth-order valence-electron chi connectivity index (χ4n) is 3.74. The van der Waals surface area contributed by atoms with Gasteiger partial charge in [-0.05, 0) is 42.7 Å². The molecule has 4 unspecified atom stereocenters. The summed E-state index contributed by atoms with van der Waals surface area (Å²) in [5.74, 6) is 1.07. The van der Waals surface area contributed by atoms with Gasteiger partial charge < -0.3 is 14.8 Å². The molecule has 0 spiro atoms. The van der Waals surface area contributed by atoms with Crippen LogP contribution in [-0.2, 0) is 14.3 Å². The van der Waals surface area contributed by atoms with Gasteiger partial charge >= 0.3 is 5.97 Å². The molecule has 0 amide bonds. The summed E-state index contributed by atoms with van der Waals surface area (Å²) in [5, 5.41) is 3.26. The number of para-hydroxylation sites is 1. The van der Waals surface area contributed by atoms with Crippen molar-refractivity contribution in [2.45, 2.75) is 52.4 Å². The first-order chi connectivity index (χ1) is 12.0. The van der Waals surface area contributed by atoms with E-state index in [-0.39, 0.29) is 11.1 Å². The normalized spacial score (nSPS) is 29.9. The number of carbonyl (C=O) groups is 1. The second-order valence-electron chi connectivity index (χ2n) is 7.46. The lowest BCUT2D eigenvalue weighted by Crippen LogP contribution is -2.38. The minimum Gasteiger partial charge on any atom is -0.425 e. The van der Waals surface area contributed by atoms with Crippen LogP contribution in [0.3, 0.4) is 0 Å². The van der Waals surface area contributed by atoms with Crippen LogP contribution in [0, 0.1) is 17.8 Å². The van der Waals surface area contributed by atoms with Gasteiger partial charge in [0.15, 0.2) is 5.03 Å². The Kier molecular flexibility index (Phi) is 5.70. The van der Waals surface area contributed by atoms with Gasteiger partial charge in [-0.3, -0.25) is 0 Å². The number of benzene rings is 1. The van der Waals surface area contributed by atoms with Crippen LogP contribution in [0.1, 0.15) is 40.0 Å². The average molecular weight is 364 g/mol. The molecule has 25 heavy (non-hydrogen) atoms. The lowest BCUT2D eigenvalue weighted by atomic mass is 9.75. The summed E-state index contributed by atoms with van der Waals surface area (Å²) in [7, 11) is 0. The smallest absolute Gasteiger partial charge is 0.354 e. The van der Waals surface area contributed by atoms with Gasteiger partial charge in [-0.2, -0.15) is 0 Å². The number of rotatable bonds is 5. The Morgan fingerprint density at radius 2 is 1.96 bits per heavy atom. The maximum atomic E-state index is 12.0. The van der Waals surface area contributed by atoms with E-state index in [0.717, 1.165) is 18.5 Å². The van der Waals surface area contributed by atoms with E-state index < -0.39 is 12.3 Å². The van der Waals surface area contributed by atoms with Gasteiger partial charge in [0.05, 0.1) is 6.10 Å². The van der Waals surface area contributed by atoms with Crippen LogP contribution in [-0.4, -0.2) is 18.4 Å². The van der Waals surface area contributed by atoms with E-state index in [2.05, 4.69) is 26.1 Å². The number of ether oxygens (including phenoxy) is 2.